The van der Waals surface area contributed by atoms with Gasteiger partial charge in [0, 0.05) is 23.9 Å². The quantitative estimate of drug-likeness (QED) is 0.798. The molecule has 0 radical (unpaired) electrons. The van der Waals surface area contributed by atoms with Crippen molar-refractivity contribution in [1.29, 1.82) is 0 Å². The Hall–Kier alpha value is -1.94. The standard InChI is InChI=1S/C13H10ClN3O/c14-13-16-6-4-11(17-13)9-1-2-10-8(7-9)3-5-15-12(10)18/h1-2,4,6-7H,3,5H2,(H,15,18). The van der Waals surface area contributed by atoms with Gasteiger partial charge in [-0.2, -0.15) is 0 Å². The van der Waals surface area contributed by atoms with Crippen molar-refractivity contribution in [2.24, 2.45) is 0 Å². The maximum Gasteiger partial charge on any atom is 0.251 e. The predicted octanol–water partition coefficient (Wildman–Crippen LogP) is 2.08. The summed E-state index contributed by atoms with van der Waals surface area (Å²) in [6, 6.07) is 7.50. The fourth-order valence-electron chi connectivity index (χ4n) is 2.08. The van der Waals surface area contributed by atoms with Crippen LogP contribution >= 0.6 is 11.6 Å². The topological polar surface area (TPSA) is 54.9 Å². The Kier molecular flexibility index (Phi) is 2.72. The lowest BCUT2D eigenvalue weighted by Gasteiger charge is -2.17. The highest BCUT2D eigenvalue weighted by atomic mass is 35.5. The molecule has 1 aromatic heterocycles. The Bertz CT molecular complexity index is 627. The fraction of sp³-hybridized carbons (Fsp3) is 0.154. The third-order valence-electron chi connectivity index (χ3n) is 2.95. The average molecular weight is 260 g/mol. The summed E-state index contributed by atoms with van der Waals surface area (Å²) in [5.41, 5.74) is 3.51. The average Bonchev–Trinajstić information content (AvgIpc) is 2.39. The normalized spacial score (nSPS) is 13.9. The Morgan fingerprint density at radius 3 is 3.00 bits per heavy atom. The molecule has 0 bridgehead atoms. The number of benzene rings is 1. The summed E-state index contributed by atoms with van der Waals surface area (Å²) in [5.74, 6) is -0.0106. The molecule has 2 heterocycles. The minimum Gasteiger partial charge on any atom is -0.352 e. The highest BCUT2D eigenvalue weighted by molar-refractivity contribution is 6.28. The van der Waals surface area contributed by atoms with Gasteiger partial charge in [0.2, 0.25) is 5.28 Å². The van der Waals surface area contributed by atoms with Crippen molar-refractivity contribution in [2.45, 2.75) is 6.42 Å². The van der Waals surface area contributed by atoms with Gasteiger partial charge in [0.15, 0.2) is 0 Å². The lowest BCUT2D eigenvalue weighted by molar-refractivity contribution is 0.0946. The smallest absolute Gasteiger partial charge is 0.251 e. The summed E-state index contributed by atoms with van der Waals surface area (Å²) in [7, 11) is 0. The molecule has 0 aliphatic carbocycles. The van der Waals surface area contributed by atoms with Gasteiger partial charge in [-0.3, -0.25) is 4.79 Å². The number of amides is 1. The summed E-state index contributed by atoms with van der Waals surface area (Å²) >= 11 is 5.77. The summed E-state index contributed by atoms with van der Waals surface area (Å²) in [4.78, 5) is 19.6. The van der Waals surface area contributed by atoms with E-state index in [1.54, 1.807) is 12.3 Å². The number of aromatic nitrogens is 2. The number of rotatable bonds is 1. The number of carbonyl (C=O) groups is 1. The molecule has 3 rings (SSSR count). The van der Waals surface area contributed by atoms with Crippen LogP contribution in [0.4, 0.5) is 0 Å². The molecule has 1 amide bonds. The van der Waals surface area contributed by atoms with Gasteiger partial charge in [-0.05, 0) is 41.8 Å². The first-order valence-electron chi connectivity index (χ1n) is 5.64. The summed E-state index contributed by atoms with van der Waals surface area (Å²) in [6.45, 7) is 0.680. The Labute approximate surface area is 109 Å². The third kappa shape index (κ3) is 1.95. The first-order chi connectivity index (χ1) is 8.74. The largest absolute Gasteiger partial charge is 0.352 e. The molecule has 0 unspecified atom stereocenters. The molecule has 0 spiro atoms. The fourth-order valence-corrected chi connectivity index (χ4v) is 2.23. The highest BCUT2D eigenvalue weighted by Gasteiger charge is 2.16. The van der Waals surface area contributed by atoms with Crippen molar-refractivity contribution in [3.8, 4) is 11.3 Å². The second kappa shape index (κ2) is 4.38. The molecule has 1 aromatic carbocycles. The Morgan fingerprint density at radius 1 is 1.28 bits per heavy atom. The number of carbonyl (C=O) groups excluding carboxylic acids is 1. The minimum atomic E-state index is -0.0106. The highest BCUT2D eigenvalue weighted by Crippen LogP contribution is 2.23. The molecule has 1 aliphatic rings. The first kappa shape index (κ1) is 11.2. The SMILES string of the molecule is O=C1NCCc2cc(-c3ccnc(Cl)n3)ccc21. The van der Waals surface area contributed by atoms with Gasteiger partial charge < -0.3 is 5.32 Å². The number of hydrogen-bond acceptors (Lipinski definition) is 3. The van der Waals surface area contributed by atoms with Crippen LogP contribution < -0.4 is 5.32 Å². The van der Waals surface area contributed by atoms with E-state index in [1.807, 2.05) is 18.2 Å². The van der Waals surface area contributed by atoms with E-state index in [4.69, 9.17) is 11.6 Å². The van der Waals surface area contributed by atoms with Gasteiger partial charge in [0.25, 0.3) is 5.91 Å². The molecule has 1 N–H and O–H groups in total. The van der Waals surface area contributed by atoms with E-state index in [0.717, 1.165) is 28.8 Å². The molecule has 18 heavy (non-hydrogen) atoms. The van der Waals surface area contributed by atoms with Crippen LogP contribution in [0.2, 0.25) is 5.28 Å². The molecule has 0 saturated carbocycles. The van der Waals surface area contributed by atoms with Crippen LogP contribution in [0, 0.1) is 0 Å². The van der Waals surface area contributed by atoms with Gasteiger partial charge in [0.05, 0.1) is 5.69 Å². The van der Waals surface area contributed by atoms with Gasteiger partial charge in [0.1, 0.15) is 0 Å². The summed E-state index contributed by atoms with van der Waals surface area (Å²) in [5, 5.41) is 3.05. The van der Waals surface area contributed by atoms with Gasteiger partial charge in [-0.1, -0.05) is 6.07 Å². The molecule has 0 saturated heterocycles. The van der Waals surface area contributed by atoms with Crippen molar-refractivity contribution in [3.63, 3.8) is 0 Å². The molecule has 0 fully saturated rings. The van der Waals surface area contributed by atoms with E-state index in [2.05, 4.69) is 15.3 Å². The molecular weight excluding hydrogens is 250 g/mol. The molecule has 1 aliphatic heterocycles. The van der Waals surface area contributed by atoms with Crippen LogP contribution in [0.1, 0.15) is 15.9 Å². The van der Waals surface area contributed by atoms with Gasteiger partial charge >= 0.3 is 0 Å². The van der Waals surface area contributed by atoms with Crippen LogP contribution in [-0.2, 0) is 6.42 Å². The number of nitrogens with zero attached hydrogens (tertiary/aromatic N) is 2. The molecular formula is C13H10ClN3O. The monoisotopic (exact) mass is 259 g/mol. The summed E-state index contributed by atoms with van der Waals surface area (Å²) < 4.78 is 0. The van der Waals surface area contributed by atoms with E-state index in [0.29, 0.717) is 6.54 Å². The minimum absolute atomic E-state index is 0.0106. The van der Waals surface area contributed by atoms with Crippen LogP contribution in [0.5, 0.6) is 0 Å². The number of fused-ring (bicyclic) bond motifs is 1. The molecule has 0 atom stereocenters. The maximum atomic E-state index is 11.6. The van der Waals surface area contributed by atoms with Crippen molar-refractivity contribution in [2.75, 3.05) is 6.54 Å². The molecule has 2 aromatic rings. The predicted molar refractivity (Wildman–Crippen MR) is 68.5 cm³/mol. The van der Waals surface area contributed by atoms with Gasteiger partial charge in [-0.15, -0.1) is 0 Å². The number of nitrogens with one attached hydrogen (secondary N) is 1. The zero-order valence-electron chi connectivity index (χ0n) is 9.48. The van der Waals surface area contributed by atoms with E-state index >= 15 is 0 Å². The third-order valence-corrected chi connectivity index (χ3v) is 3.13. The second-order valence-corrected chi connectivity index (χ2v) is 4.43. The zero-order chi connectivity index (χ0) is 12.5. The van der Waals surface area contributed by atoms with E-state index in [9.17, 15) is 4.79 Å². The van der Waals surface area contributed by atoms with Crippen molar-refractivity contribution >= 4 is 17.5 Å². The van der Waals surface area contributed by atoms with Gasteiger partial charge in [-0.25, -0.2) is 9.97 Å². The lowest BCUT2D eigenvalue weighted by Crippen LogP contribution is -2.31. The number of halogens is 1. The number of hydrogen-bond donors (Lipinski definition) is 1. The van der Waals surface area contributed by atoms with Crippen LogP contribution in [0.15, 0.2) is 30.5 Å². The van der Waals surface area contributed by atoms with Crippen LogP contribution in [-0.4, -0.2) is 22.4 Å². The molecule has 4 nitrogen and oxygen atoms in total. The van der Waals surface area contributed by atoms with Crippen molar-refractivity contribution in [1.82, 2.24) is 15.3 Å². The summed E-state index contributed by atoms with van der Waals surface area (Å²) in [6.07, 6.45) is 2.46. The molecule has 90 valence electrons. The Balaban J connectivity index is 2.07. The maximum absolute atomic E-state index is 11.6. The lowest BCUT2D eigenvalue weighted by atomic mass is 9.97. The van der Waals surface area contributed by atoms with Crippen molar-refractivity contribution < 1.29 is 4.79 Å². The molecule has 5 heteroatoms. The van der Waals surface area contributed by atoms with E-state index in [-0.39, 0.29) is 11.2 Å². The van der Waals surface area contributed by atoms with Crippen molar-refractivity contribution in [3.05, 3.63) is 46.9 Å². The van der Waals surface area contributed by atoms with E-state index < -0.39 is 0 Å². The van der Waals surface area contributed by atoms with Crippen LogP contribution in [0.3, 0.4) is 0 Å². The Morgan fingerprint density at radius 2 is 2.17 bits per heavy atom. The van der Waals surface area contributed by atoms with Crippen LogP contribution in [0.25, 0.3) is 11.3 Å². The zero-order valence-corrected chi connectivity index (χ0v) is 10.2. The van der Waals surface area contributed by atoms with E-state index in [1.165, 1.54) is 0 Å². The second-order valence-electron chi connectivity index (χ2n) is 4.09. The first-order valence-corrected chi connectivity index (χ1v) is 6.02.